The first-order valence-corrected chi connectivity index (χ1v) is 8.50. The van der Waals surface area contributed by atoms with Crippen molar-refractivity contribution in [2.75, 3.05) is 0 Å². The second kappa shape index (κ2) is 7.66. The van der Waals surface area contributed by atoms with Crippen LogP contribution < -0.4 is 5.32 Å². The number of rotatable bonds is 7. The quantitative estimate of drug-likeness (QED) is 0.775. The predicted molar refractivity (Wildman–Crippen MR) is 90.6 cm³/mol. The Hall–Kier alpha value is -1.26. The lowest BCUT2D eigenvalue weighted by molar-refractivity contribution is 0.584. The second-order valence-corrected chi connectivity index (χ2v) is 6.90. The highest BCUT2D eigenvalue weighted by molar-refractivity contribution is 7.98. The van der Waals surface area contributed by atoms with Gasteiger partial charge in [0.15, 0.2) is 0 Å². The topological polar surface area (TPSA) is 29.9 Å². The molecule has 0 unspecified atom stereocenters. The molecule has 1 heterocycles. The molecular weight excluding hydrogens is 278 g/mol. The number of imidazole rings is 1. The van der Waals surface area contributed by atoms with Gasteiger partial charge in [-0.2, -0.15) is 0 Å². The first-order valence-electron chi connectivity index (χ1n) is 7.52. The van der Waals surface area contributed by atoms with Crippen LogP contribution in [0.1, 0.15) is 45.0 Å². The van der Waals surface area contributed by atoms with Crippen LogP contribution in [0.5, 0.6) is 0 Å². The monoisotopic (exact) mass is 303 g/mol. The van der Waals surface area contributed by atoms with Gasteiger partial charge in [0.05, 0.1) is 6.33 Å². The van der Waals surface area contributed by atoms with E-state index in [1.54, 1.807) is 0 Å². The molecule has 0 aliphatic rings. The fraction of sp³-hybridized carbons (Fsp3) is 0.471. The van der Waals surface area contributed by atoms with Crippen LogP contribution in [0.25, 0.3) is 0 Å². The van der Waals surface area contributed by atoms with Crippen LogP contribution in [0.3, 0.4) is 0 Å². The molecule has 0 saturated carbocycles. The Balaban J connectivity index is 1.90. The third-order valence-corrected chi connectivity index (χ3v) is 4.37. The molecule has 0 atom stereocenters. The lowest BCUT2D eigenvalue weighted by Crippen LogP contribution is -2.21. The van der Waals surface area contributed by atoms with Crippen LogP contribution in [-0.4, -0.2) is 15.6 Å². The third kappa shape index (κ3) is 4.90. The van der Waals surface area contributed by atoms with Crippen molar-refractivity contribution in [3.8, 4) is 0 Å². The Morgan fingerprint density at radius 2 is 1.86 bits per heavy atom. The molecule has 0 aliphatic heterocycles. The molecule has 0 aliphatic carbocycles. The summed E-state index contributed by atoms with van der Waals surface area (Å²) >= 11 is 1.86. The summed E-state index contributed by atoms with van der Waals surface area (Å²) in [6, 6.07) is 9.81. The van der Waals surface area contributed by atoms with E-state index in [2.05, 4.69) is 66.8 Å². The van der Waals surface area contributed by atoms with Gasteiger partial charge >= 0.3 is 0 Å². The van der Waals surface area contributed by atoms with E-state index >= 15 is 0 Å². The number of hydrogen-bond acceptors (Lipinski definition) is 3. The van der Waals surface area contributed by atoms with E-state index in [0.29, 0.717) is 12.1 Å². The molecular formula is C17H25N3S. The Labute approximate surface area is 132 Å². The summed E-state index contributed by atoms with van der Waals surface area (Å²) in [4.78, 5) is 5.56. The van der Waals surface area contributed by atoms with Gasteiger partial charge in [0, 0.05) is 41.2 Å². The fourth-order valence-corrected chi connectivity index (χ4v) is 2.96. The maximum atomic E-state index is 4.25. The van der Waals surface area contributed by atoms with Crippen molar-refractivity contribution in [3.63, 3.8) is 0 Å². The molecule has 2 aromatic rings. The Kier molecular flexibility index (Phi) is 5.88. The minimum absolute atomic E-state index is 0.465. The molecule has 0 saturated heterocycles. The molecule has 3 nitrogen and oxygen atoms in total. The molecule has 0 amide bonds. The van der Waals surface area contributed by atoms with Crippen molar-refractivity contribution in [2.24, 2.45) is 0 Å². The Morgan fingerprint density at radius 1 is 1.14 bits per heavy atom. The van der Waals surface area contributed by atoms with Gasteiger partial charge in [0.25, 0.3) is 0 Å². The average Bonchev–Trinajstić information content (AvgIpc) is 2.92. The minimum Gasteiger partial charge on any atom is -0.331 e. The lowest BCUT2D eigenvalue weighted by Gasteiger charge is -2.11. The maximum Gasteiger partial charge on any atom is 0.0950 e. The van der Waals surface area contributed by atoms with Crippen LogP contribution in [-0.2, 0) is 12.3 Å². The summed E-state index contributed by atoms with van der Waals surface area (Å²) in [5.41, 5.74) is 2.61. The smallest absolute Gasteiger partial charge is 0.0950 e. The largest absolute Gasteiger partial charge is 0.331 e. The van der Waals surface area contributed by atoms with Gasteiger partial charge in [0.2, 0.25) is 0 Å². The number of nitrogens with one attached hydrogen (secondary N) is 1. The minimum atomic E-state index is 0.465. The fourth-order valence-electron chi connectivity index (χ4n) is 2.09. The molecule has 1 aromatic carbocycles. The lowest BCUT2D eigenvalue weighted by atomic mass is 10.2. The Morgan fingerprint density at radius 3 is 2.48 bits per heavy atom. The molecule has 0 bridgehead atoms. The molecule has 1 N–H and O–H groups in total. The van der Waals surface area contributed by atoms with Gasteiger partial charge in [0.1, 0.15) is 0 Å². The van der Waals surface area contributed by atoms with Crippen molar-refractivity contribution < 1.29 is 0 Å². The van der Waals surface area contributed by atoms with Crippen LogP contribution >= 0.6 is 11.8 Å². The van der Waals surface area contributed by atoms with Crippen LogP contribution in [0.15, 0.2) is 41.7 Å². The highest BCUT2D eigenvalue weighted by Gasteiger charge is 2.06. The summed E-state index contributed by atoms with van der Waals surface area (Å²) in [5, 5.41) is 3.44. The van der Waals surface area contributed by atoms with Gasteiger partial charge < -0.3 is 9.88 Å². The van der Waals surface area contributed by atoms with Crippen LogP contribution in [0, 0.1) is 0 Å². The Bertz CT molecular complexity index is 543. The first-order chi connectivity index (χ1) is 10.1. The van der Waals surface area contributed by atoms with E-state index in [-0.39, 0.29) is 0 Å². The van der Waals surface area contributed by atoms with Gasteiger partial charge in [-0.25, -0.2) is 4.98 Å². The summed E-state index contributed by atoms with van der Waals surface area (Å²) in [7, 11) is 0. The molecule has 2 rings (SSSR count). The average molecular weight is 303 g/mol. The summed E-state index contributed by atoms with van der Waals surface area (Å²) in [6.45, 7) is 9.64. The van der Waals surface area contributed by atoms with E-state index in [1.165, 1.54) is 16.2 Å². The molecule has 0 spiro atoms. The summed E-state index contributed by atoms with van der Waals surface area (Å²) < 4.78 is 2.23. The maximum absolute atomic E-state index is 4.25. The van der Waals surface area contributed by atoms with Crippen molar-refractivity contribution in [1.29, 1.82) is 0 Å². The zero-order valence-electron chi connectivity index (χ0n) is 13.3. The van der Waals surface area contributed by atoms with E-state index in [4.69, 9.17) is 0 Å². The van der Waals surface area contributed by atoms with Crippen molar-refractivity contribution in [3.05, 3.63) is 48.0 Å². The van der Waals surface area contributed by atoms with E-state index in [9.17, 15) is 0 Å². The van der Waals surface area contributed by atoms with Crippen LogP contribution in [0.4, 0.5) is 0 Å². The standard InChI is InChI=1S/C17H25N3S/c1-13(2)19-9-15-5-7-17(8-6-15)21-11-16-10-18-12-20(16)14(3)4/h5-8,10,12-14,19H,9,11H2,1-4H3. The number of benzene rings is 1. The molecule has 114 valence electrons. The first kappa shape index (κ1) is 16.1. The van der Waals surface area contributed by atoms with Gasteiger partial charge in [-0.15, -0.1) is 11.8 Å². The van der Waals surface area contributed by atoms with E-state index < -0.39 is 0 Å². The van der Waals surface area contributed by atoms with Gasteiger partial charge in [-0.3, -0.25) is 0 Å². The van der Waals surface area contributed by atoms with E-state index in [0.717, 1.165) is 12.3 Å². The zero-order chi connectivity index (χ0) is 15.2. The normalized spacial score (nSPS) is 11.5. The molecule has 1 aromatic heterocycles. The van der Waals surface area contributed by atoms with Gasteiger partial charge in [-0.1, -0.05) is 26.0 Å². The summed E-state index contributed by atoms with van der Waals surface area (Å²) in [5.74, 6) is 0.960. The molecule has 0 fully saturated rings. The number of nitrogens with zero attached hydrogens (tertiary/aromatic N) is 2. The highest BCUT2D eigenvalue weighted by atomic mass is 32.2. The van der Waals surface area contributed by atoms with Gasteiger partial charge in [-0.05, 0) is 31.5 Å². The van der Waals surface area contributed by atoms with Crippen molar-refractivity contribution in [2.45, 2.75) is 57.0 Å². The summed E-state index contributed by atoms with van der Waals surface area (Å²) in [6.07, 6.45) is 3.88. The predicted octanol–water partition coefficient (Wildman–Crippen LogP) is 4.25. The molecule has 21 heavy (non-hydrogen) atoms. The highest BCUT2D eigenvalue weighted by Crippen LogP contribution is 2.24. The zero-order valence-corrected chi connectivity index (χ0v) is 14.2. The van der Waals surface area contributed by atoms with Crippen LogP contribution in [0.2, 0.25) is 0 Å². The van der Waals surface area contributed by atoms with Crippen molar-refractivity contribution >= 4 is 11.8 Å². The SMILES string of the molecule is CC(C)NCc1ccc(SCc2cncn2C(C)C)cc1. The molecule has 4 heteroatoms. The number of hydrogen-bond donors (Lipinski definition) is 1. The number of aromatic nitrogens is 2. The second-order valence-electron chi connectivity index (χ2n) is 5.85. The third-order valence-electron chi connectivity index (χ3n) is 3.33. The number of thioether (sulfide) groups is 1. The molecule has 0 radical (unpaired) electrons. The van der Waals surface area contributed by atoms with E-state index in [1.807, 2.05) is 24.3 Å². The van der Waals surface area contributed by atoms with Crippen molar-refractivity contribution in [1.82, 2.24) is 14.9 Å².